The van der Waals surface area contributed by atoms with Crippen LogP contribution in [0.1, 0.15) is 23.1 Å². The molecule has 0 fully saturated rings. The predicted molar refractivity (Wildman–Crippen MR) is 77.9 cm³/mol. The van der Waals surface area contributed by atoms with E-state index in [9.17, 15) is 8.42 Å². The third-order valence-corrected chi connectivity index (χ3v) is 5.14. The minimum Gasteiger partial charge on any atom is -0.357 e. The second-order valence-electron chi connectivity index (χ2n) is 5.29. The van der Waals surface area contributed by atoms with Gasteiger partial charge in [0.2, 0.25) is 10.0 Å². The van der Waals surface area contributed by atoms with E-state index in [-0.39, 0.29) is 0 Å². The largest absolute Gasteiger partial charge is 0.357 e. The summed E-state index contributed by atoms with van der Waals surface area (Å²) in [4.78, 5) is 0.370. The van der Waals surface area contributed by atoms with Crippen molar-refractivity contribution in [1.29, 1.82) is 0 Å². The Morgan fingerprint density at radius 3 is 2.75 bits per heavy atom. The van der Waals surface area contributed by atoms with Crippen molar-refractivity contribution in [1.82, 2.24) is 9.29 Å². The number of hydrogen-bond donors (Lipinski definition) is 1. The van der Waals surface area contributed by atoms with Crippen LogP contribution >= 0.6 is 0 Å². The maximum absolute atomic E-state index is 12.3. The molecule has 1 aliphatic rings. The van der Waals surface area contributed by atoms with Crippen LogP contribution in [0.5, 0.6) is 0 Å². The zero-order valence-corrected chi connectivity index (χ0v) is 12.3. The molecule has 20 heavy (non-hydrogen) atoms. The Morgan fingerprint density at radius 1 is 1.20 bits per heavy atom. The van der Waals surface area contributed by atoms with Crippen molar-refractivity contribution in [3.05, 3.63) is 53.3 Å². The molecule has 4 nitrogen and oxygen atoms in total. The second kappa shape index (κ2) is 5.07. The molecular formula is C15H18N2O2S. The summed E-state index contributed by atoms with van der Waals surface area (Å²) >= 11 is 0. The first-order valence-electron chi connectivity index (χ1n) is 6.77. The lowest BCUT2D eigenvalue weighted by molar-refractivity contribution is 0.581. The summed E-state index contributed by atoms with van der Waals surface area (Å²) in [5.41, 5.74) is 3.41. The van der Waals surface area contributed by atoms with Crippen LogP contribution in [0.3, 0.4) is 0 Å². The summed E-state index contributed by atoms with van der Waals surface area (Å²) in [5, 5.41) is 0. The third kappa shape index (κ3) is 2.64. The summed E-state index contributed by atoms with van der Waals surface area (Å²) < 4.78 is 29.1. The molecule has 0 amide bonds. The monoisotopic (exact) mass is 290 g/mol. The lowest BCUT2D eigenvalue weighted by Gasteiger charge is -2.08. The number of aromatic nitrogens is 1. The molecule has 0 bridgehead atoms. The average Bonchev–Trinajstić information content (AvgIpc) is 3.04. The standard InChI is InChI=1S/C15H18N2O2S/c1-17-8-7-12(11-17)10-16-20(18,19)15-6-5-13-3-2-4-14(13)9-15/h5-9,11,16H,2-4,10H2,1H3. The number of nitrogens with one attached hydrogen (secondary N) is 1. The van der Waals surface area contributed by atoms with Gasteiger partial charge in [0.15, 0.2) is 0 Å². The number of rotatable bonds is 4. The minimum atomic E-state index is -3.43. The highest BCUT2D eigenvalue weighted by Gasteiger charge is 2.18. The van der Waals surface area contributed by atoms with Gasteiger partial charge in [0.05, 0.1) is 4.90 Å². The lowest BCUT2D eigenvalue weighted by atomic mass is 10.1. The predicted octanol–water partition coefficient (Wildman–Crippen LogP) is 1.99. The van der Waals surface area contributed by atoms with Gasteiger partial charge in [0.25, 0.3) is 0 Å². The Balaban J connectivity index is 1.78. The number of sulfonamides is 1. The number of aryl methyl sites for hydroxylation is 3. The molecule has 0 saturated heterocycles. The fourth-order valence-corrected chi connectivity index (χ4v) is 3.71. The zero-order chi connectivity index (χ0) is 14.2. The zero-order valence-electron chi connectivity index (χ0n) is 11.5. The van der Waals surface area contributed by atoms with E-state index < -0.39 is 10.0 Å². The molecule has 0 unspecified atom stereocenters. The van der Waals surface area contributed by atoms with Crippen LogP contribution in [0.15, 0.2) is 41.6 Å². The molecule has 1 aliphatic carbocycles. The molecule has 1 aromatic carbocycles. The first-order chi connectivity index (χ1) is 9.54. The quantitative estimate of drug-likeness (QED) is 0.936. The SMILES string of the molecule is Cn1ccc(CNS(=O)(=O)c2ccc3c(c2)CCC3)c1. The summed E-state index contributed by atoms with van der Waals surface area (Å²) in [7, 11) is -1.51. The molecule has 0 atom stereocenters. The number of benzene rings is 1. The summed E-state index contributed by atoms with van der Waals surface area (Å²) in [6.45, 7) is 0.320. The van der Waals surface area contributed by atoms with Gasteiger partial charge < -0.3 is 4.57 Å². The van der Waals surface area contributed by atoms with Gasteiger partial charge in [-0.2, -0.15) is 0 Å². The van der Waals surface area contributed by atoms with Crippen LogP contribution in [-0.2, 0) is 36.5 Å². The number of nitrogens with zero attached hydrogens (tertiary/aromatic N) is 1. The van der Waals surface area contributed by atoms with Crippen molar-refractivity contribution >= 4 is 10.0 Å². The van der Waals surface area contributed by atoms with Gasteiger partial charge >= 0.3 is 0 Å². The van der Waals surface area contributed by atoms with Gasteiger partial charge in [-0.15, -0.1) is 0 Å². The van der Waals surface area contributed by atoms with E-state index in [1.807, 2.05) is 42.2 Å². The normalized spacial score (nSPS) is 14.4. The number of hydrogen-bond acceptors (Lipinski definition) is 2. The second-order valence-corrected chi connectivity index (χ2v) is 7.06. The van der Waals surface area contributed by atoms with E-state index in [0.29, 0.717) is 11.4 Å². The molecule has 1 heterocycles. The van der Waals surface area contributed by atoms with Crippen LogP contribution < -0.4 is 4.72 Å². The fraction of sp³-hybridized carbons (Fsp3) is 0.333. The highest BCUT2D eigenvalue weighted by molar-refractivity contribution is 7.89. The summed E-state index contributed by atoms with van der Waals surface area (Å²) in [6.07, 6.45) is 6.98. The van der Waals surface area contributed by atoms with E-state index in [1.165, 1.54) is 11.1 Å². The van der Waals surface area contributed by atoms with E-state index >= 15 is 0 Å². The van der Waals surface area contributed by atoms with Gasteiger partial charge in [-0.05, 0) is 54.2 Å². The van der Waals surface area contributed by atoms with E-state index in [4.69, 9.17) is 0 Å². The van der Waals surface area contributed by atoms with E-state index in [2.05, 4.69) is 4.72 Å². The van der Waals surface area contributed by atoms with Crippen molar-refractivity contribution in [2.24, 2.45) is 7.05 Å². The van der Waals surface area contributed by atoms with Crippen LogP contribution in [-0.4, -0.2) is 13.0 Å². The highest BCUT2D eigenvalue weighted by atomic mass is 32.2. The maximum atomic E-state index is 12.3. The third-order valence-electron chi connectivity index (χ3n) is 3.74. The fourth-order valence-electron chi connectivity index (χ4n) is 2.64. The molecule has 3 rings (SSSR count). The van der Waals surface area contributed by atoms with Crippen LogP contribution in [0.25, 0.3) is 0 Å². The average molecular weight is 290 g/mol. The van der Waals surface area contributed by atoms with Crippen molar-refractivity contribution < 1.29 is 8.42 Å². The molecule has 1 N–H and O–H groups in total. The smallest absolute Gasteiger partial charge is 0.240 e. The first kappa shape index (κ1) is 13.4. The summed E-state index contributed by atoms with van der Waals surface area (Å²) in [5.74, 6) is 0. The molecule has 2 aromatic rings. The molecule has 1 aromatic heterocycles. The molecular weight excluding hydrogens is 272 g/mol. The van der Waals surface area contributed by atoms with E-state index in [0.717, 1.165) is 24.8 Å². The highest BCUT2D eigenvalue weighted by Crippen LogP contribution is 2.24. The lowest BCUT2D eigenvalue weighted by Crippen LogP contribution is -2.23. The molecule has 106 valence electrons. The Labute approximate surface area is 119 Å². The first-order valence-corrected chi connectivity index (χ1v) is 8.25. The van der Waals surface area contributed by atoms with Crippen LogP contribution in [0.4, 0.5) is 0 Å². The molecule has 0 radical (unpaired) electrons. The van der Waals surface area contributed by atoms with Crippen LogP contribution in [0, 0.1) is 0 Å². The van der Waals surface area contributed by atoms with Gasteiger partial charge in [0, 0.05) is 26.0 Å². The molecule has 0 aliphatic heterocycles. The van der Waals surface area contributed by atoms with Crippen molar-refractivity contribution in [2.75, 3.05) is 0 Å². The maximum Gasteiger partial charge on any atom is 0.240 e. The molecule has 5 heteroatoms. The Kier molecular flexibility index (Phi) is 3.40. The van der Waals surface area contributed by atoms with Gasteiger partial charge in [-0.3, -0.25) is 0 Å². The summed E-state index contributed by atoms with van der Waals surface area (Å²) in [6, 6.07) is 7.37. The van der Waals surface area contributed by atoms with Crippen molar-refractivity contribution in [2.45, 2.75) is 30.7 Å². The van der Waals surface area contributed by atoms with Gasteiger partial charge in [-0.1, -0.05) is 6.07 Å². The Morgan fingerprint density at radius 2 is 2.00 bits per heavy atom. The topological polar surface area (TPSA) is 51.1 Å². The van der Waals surface area contributed by atoms with Crippen molar-refractivity contribution in [3.63, 3.8) is 0 Å². The minimum absolute atomic E-state index is 0.320. The van der Waals surface area contributed by atoms with Gasteiger partial charge in [-0.25, -0.2) is 13.1 Å². The Hall–Kier alpha value is -1.59. The molecule has 0 saturated carbocycles. The Bertz CT molecular complexity index is 732. The van der Waals surface area contributed by atoms with Crippen molar-refractivity contribution in [3.8, 4) is 0 Å². The van der Waals surface area contributed by atoms with Gasteiger partial charge in [0.1, 0.15) is 0 Å². The van der Waals surface area contributed by atoms with E-state index in [1.54, 1.807) is 6.07 Å². The number of fused-ring (bicyclic) bond motifs is 1. The molecule has 0 spiro atoms. The van der Waals surface area contributed by atoms with Crippen LogP contribution in [0.2, 0.25) is 0 Å².